The molecule has 1 aromatic carbocycles. The number of hydrogen-bond donors (Lipinski definition) is 1. The standard InChI is InChI=1S/C12H7Br2N3O3/c13-10-4-9(20-12(10)14)6-16-11-2-1-8(17(18)19)3-7(11)5-15/h1-4,16H,6H2. The molecule has 2 aromatic rings. The van der Waals surface area contributed by atoms with Gasteiger partial charge in [-0.1, -0.05) is 0 Å². The summed E-state index contributed by atoms with van der Waals surface area (Å²) in [4.78, 5) is 10.1. The molecule has 0 amide bonds. The van der Waals surface area contributed by atoms with E-state index < -0.39 is 4.92 Å². The van der Waals surface area contributed by atoms with Gasteiger partial charge in [-0.2, -0.15) is 5.26 Å². The van der Waals surface area contributed by atoms with Gasteiger partial charge in [0.15, 0.2) is 4.67 Å². The van der Waals surface area contributed by atoms with Crippen molar-refractivity contribution in [2.24, 2.45) is 0 Å². The molecule has 0 saturated carbocycles. The van der Waals surface area contributed by atoms with Crippen LogP contribution in [-0.4, -0.2) is 4.92 Å². The second kappa shape index (κ2) is 6.07. The van der Waals surface area contributed by atoms with Crippen LogP contribution in [-0.2, 0) is 6.54 Å². The topological polar surface area (TPSA) is 92.1 Å². The van der Waals surface area contributed by atoms with Crippen LogP contribution in [0.3, 0.4) is 0 Å². The molecule has 0 spiro atoms. The maximum atomic E-state index is 10.7. The van der Waals surface area contributed by atoms with Crippen molar-refractivity contribution in [3.05, 3.63) is 54.8 Å². The van der Waals surface area contributed by atoms with Crippen LogP contribution in [0.25, 0.3) is 0 Å². The highest BCUT2D eigenvalue weighted by atomic mass is 79.9. The lowest BCUT2D eigenvalue weighted by atomic mass is 10.1. The zero-order valence-electron chi connectivity index (χ0n) is 9.89. The average molecular weight is 401 g/mol. The molecule has 20 heavy (non-hydrogen) atoms. The van der Waals surface area contributed by atoms with Gasteiger partial charge in [0.05, 0.1) is 27.2 Å². The number of nitrogens with one attached hydrogen (secondary N) is 1. The molecule has 1 heterocycles. The molecule has 0 bridgehead atoms. The van der Waals surface area contributed by atoms with Crippen LogP contribution in [0.2, 0.25) is 0 Å². The monoisotopic (exact) mass is 399 g/mol. The normalized spacial score (nSPS) is 10.1. The maximum Gasteiger partial charge on any atom is 0.270 e. The van der Waals surface area contributed by atoms with E-state index in [9.17, 15) is 10.1 Å². The van der Waals surface area contributed by atoms with Crippen molar-refractivity contribution in [1.82, 2.24) is 0 Å². The predicted octanol–water partition coefficient (Wildman–Crippen LogP) is 4.20. The Morgan fingerprint density at radius 2 is 2.15 bits per heavy atom. The molecule has 0 radical (unpaired) electrons. The number of anilines is 1. The minimum Gasteiger partial charge on any atom is -0.451 e. The van der Waals surface area contributed by atoms with Gasteiger partial charge in [-0.25, -0.2) is 0 Å². The van der Waals surface area contributed by atoms with Crippen molar-refractivity contribution in [3.8, 4) is 6.07 Å². The Hall–Kier alpha value is -1.85. The first-order valence-electron chi connectivity index (χ1n) is 5.37. The average Bonchev–Trinajstić information content (AvgIpc) is 2.75. The zero-order chi connectivity index (χ0) is 14.7. The smallest absolute Gasteiger partial charge is 0.270 e. The third-order valence-corrected chi connectivity index (χ3v) is 4.19. The first-order chi connectivity index (χ1) is 9.51. The molecule has 102 valence electrons. The maximum absolute atomic E-state index is 10.7. The Bertz CT molecular complexity index is 687. The second-order valence-electron chi connectivity index (χ2n) is 3.79. The Labute approximate surface area is 130 Å². The summed E-state index contributed by atoms with van der Waals surface area (Å²) < 4.78 is 6.76. The summed E-state index contributed by atoms with van der Waals surface area (Å²) in [7, 11) is 0. The summed E-state index contributed by atoms with van der Waals surface area (Å²) >= 11 is 6.53. The molecule has 0 saturated heterocycles. The number of benzene rings is 1. The molecule has 0 atom stereocenters. The van der Waals surface area contributed by atoms with Gasteiger partial charge in [-0.3, -0.25) is 10.1 Å². The van der Waals surface area contributed by atoms with Gasteiger partial charge in [-0.15, -0.1) is 0 Å². The van der Waals surface area contributed by atoms with Crippen LogP contribution in [0.15, 0.2) is 37.8 Å². The first kappa shape index (κ1) is 14.6. The Morgan fingerprint density at radius 1 is 1.40 bits per heavy atom. The number of nitro groups is 1. The molecule has 6 nitrogen and oxygen atoms in total. The third kappa shape index (κ3) is 3.18. The number of furan rings is 1. The fraction of sp³-hybridized carbons (Fsp3) is 0.0833. The van der Waals surface area contributed by atoms with E-state index in [0.717, 1.165) is 4.47 Å². The molecular formula is C12H7Br2N3O3. The van der Waals surface area contributed by atoms with Gasteiger partial charge in [0.1, 0.15) is 11.8 Å². The van der Waals surface area contributed by atoms with Gasteiger partial charge in [0, 0.05) is 12.1 Å². The van der Waals surface area contributed by atoms with Crippen molar-refractivity contribution in [2.45, 2.75) is 6.54 Å². The minimum absolute atomic E-state index is 0.115. The quantitative estimate of drug-likeness (QED) is 0.613. The number of hydrogen-bond acceptors (Lipinski definition) is 5. The Morgan fingerprint density at radius 3 is 2.70 bits per heavy atom. The van der Waals surface area contributed by atoms with Gasteiger partial charge in [0.2, 0.25) is 0 Å². The van der Waals surface area contributed by atoms with Crippen LogP contribution in [0.1, 0.15) is 11.3 Å². The van der Waals surface area contributed by atoms with E-state index in [1.165, 1.54) is 18.2 Å². The van der Waals surface area contributed by atoms with Crippen LogP contribution in [0.4, 0.5) is 11.4 Å². The van der Waals surface area contributed by atoms with E-state index in [4.69, 9.17) is 9.68 Å². The lowest BCUT2D eigenvalue weighted by molar-refractivity contribution is -0.384. The number of rotatable bonds is 4. The molecule has 0 aliphatic carbocycles. The first-order valence-corrected chi connectivity index (χ1v) is 6.96. The number of non-ortho nitro benzene ring substituents is 1. The molecule has 0 unspecified atom stereocenters. The summed E-state index contributed by atoms with van der Waals surface area (Å²) in [6, 6.07) is 7.79. The molecule has 8 heteroatoms. The van der Waals surface area contributed by atoms with Crippen molar-refractivity contribution in [2.75, 3.05) is 5.32 Å². The third-order valence-electron chi connectivity index (χ3n) is 2.48. The van der Waals surface area contributed by atoms with Crippen LogP contribution < -0.4 is 5.32 Å². The van der Waals surface area contributed by atoms with E-state index in [2.05, 4.69) is 37.2 Å². The highest BCUT2D eigenvalue weighted by Gasteiger charge is 2.11. The highest BCUT2D eigenvalue weighted by molar-refractivity contribution is 9.13. The van der Waals surface area contributed by atoms with Crippen LogP contribution >= 0.6 is 31.9 Å². The number of halogens is 2. The molecular weight excluding hydrogens is 394 g/mol. The van der Waals surface area contributed by atoms with Crippen LogP contribution in [0, 0.1) is 21.4 Å². The molecule has 0 aliphatic heterocycles. The molecule has 0 fully saturated rings. The number of nitrogens with zero attached hydrogens (tertiary/aromatic N) is 2. The van der Waals surface area contributed by atoms with Crippen molar-refractivity contribution in [3.63, 3.8) is 0 Å². The Kier molecular flexibility index (Phi) is 4.42. The number of nitro benzene ring substituents is 1. The summed E-state index contributed by atoms with van der Waals surface area (Å²) in [5.74, 6) is 0.658. The van der Waals surface area contributed by atoms with Crippen LogP contribution in [0.5, 0.6) is 0 Å². The predicted molar refractivity (Wildman–Crippen MR) is 79.2 cm³/mol. The molecule has 2 rings (SSSR count). The van der Waals surface area contributed by atoms with E-state index in [1.807, 2.05) is 6.07 Å². The zero-order valence-corrected chi connectivity index (χ0v) is 13.1. The lowest BCUT2D eigenvalue weighted by Crippen LogP contribution is -2.01. The molecule has 1 aromatic heterocycles. The van der Waals surface area contributed by atoms with Crippen molar-refractivity contribution >= 4 is 43.2 Å². The van der Waals surface area contributed by atoms with E-state index in [1.54, 1.807) is 6.07 Å². The van der Waals surface area contributed by atoms with Gasteiger partial charge in [-0.05, 0) is 44.0 Å². The Balaban J connectivity index is 2.17. The second-order valence-corrected chi connectivity index (χ2v) is 5.36. The highest BCUT2D eigenvalue weighted by Crippen LogP contribution is 2.28. The van der Waals surface area contributed by atoms with Crippen molar-refractivity contribution in [1.29, 1.82) is 5.26 Å². The fourth-order valence-corrected chi connectivity index (χ4v) is 2.21. The minimum atomic E-state index is -0.536. The lowest BCUT2D eigenvalue weighted by Gasteiger charge is -2.06. The van der Waals surface area contributed by atoms with Crippen molar-refractivity contribution < 1.29 is 9.34 Å². The van der Waals surface area contributed by atoms with Gasteiger partial charge >= 0.3 is 0 Å². The largest absolute Gasteiger partial charge is 0.451 e. The number of nitriles is 1. The fourth-order valence-electron chi connectivity index (χ4n) is 1.55. The summed E-state index contributed by atoms with van der Waals surface area (Å²) in [6.07, 6.45) is 0. The summed E-state index contributed by atoms with van der Waals surface area (Å²) in [5.41, 5.74) is 0.612. The summed E-state index contributed by atoms with van der Waals surface area (Å²) in [6.45, 7) is 0.358. The summed E-state index contributed by atoms with van der Waals surface area (Å²) in [5, 5.41) is 22.7. The SMILES string of the molecule is N#Cc1cc([N+](=O)[O-])ccc1NCc1cc(Br)c(Br)o1. The molecule has 1 N–H and O–H groups in total. The van der Waals surface area contributed by atoms with E-state index >= 15 is 0 Å². The van der Waals surface area contributed by atoms with E-state index in [-0.39, 0.29) is 11.3 Å². The van der Waals surface area contributed by atoms with E-state index in [0.29, 0.717) is 22.7 Å². The van der Waals surface area contributed by atoms with Gasteiger partial charge < -0.3 is 9.73 Å². The molecule has 0 aliphatic rings. The van der Waals surface area contributed by atoms with Gasteiger partial charge in [0.25, 0.3) is 5.69 Å².